The van der Waals surface area contributed by atoms with Gasteiger partial charge < -0.3 is 14.8 Å². The Kier molecular flexibility index (Phi) is 6.91. The van der Waals surface area contributed by atoms with Crippen LogP contribution >= 0.6 is 12.2 Å². The molecule has 0 aliphatic rings. The standard InChI is InChI=1S/C19H22N2O3S/c1-14-7-9-17(10-8-14)21(11-12-23-3)19(22)24-18-6-4-5-16(13-18)20-15(2)25/h4-10,13H,11-12H2,1-3H3,(H,20,25). The second-order valence-corrected chi connectivity index (χ2v) is 6.17. The number of hydrogen-bond acceptors (Lipinski definition) is 4. The second kappa shape index (κ2) is 9.15. The van der Waals surface area contributed by atoms with E-state index in [0.717, 1.165) is 16.9 Å². The van der Waals surface area contributed by atoms with E-state index < -0.39 is 6.09 Å². The van der Waals surface area contributed by atoms with Crippen molar-refractivity contribution in [3.8, 4) is 5.75 Å². The maximum atomic E-state index is 12.6. The van der Waals surface area contributed by atoms with Gasteiger partial charge in [-0.05, 0) is 38.1 Å². The van der Waals surface area contributed by atoms with E-state index in [-0.39, 0.29) is 0 Å². The van der Waals surface area contributed by atoms with Crippen molar-refractivity contribution in [2.45, 2.75) is 13.8 Å². The lowest BCUT2D eigenvalue weighted by Crippen LogP contribution is -2.36. The molecule has 0 aromatic heterocycles. The molecule has 0 spiro atoms. The fourth-order valence-electron chi connectivity index (χ4n) is 2.23. The molecule has 2 aromatic rings. The number of methoxy groups -OCH3 is 1. The van der Waals surface area contributed by atoms with Crippen LogP contribution in [0.25, 0.3) is 0 Å². The van der Waals surface area contributed by atoms with Gasteiger partial charge in [0.2, 0.25) is 0 Å². The van der Waals surface area contributed by atoms with E-state index in [1.807, 2.05) is 37.3 Å². The topological polar surface area (TPSA) is 50.8 Å². The highest BCUT2D eigenvalue weighted by atomic mass is 32.1. The summed E-state index contributed by atoms with van der Waals surface area (Å²) in [5, 5.41) is 3.03. The molecular weight excluding hydrogens is 336 g/mol. The van der Waals surface area contributed by atoms with Crippen LogP contribution in [0.15, 0.2) is 48.5 Å². The Morgan fingerprint density at radius 2 is 1.92 bits per heavy atom. The maximum Gasteiger partial charge on any atom is 0.419 e. The normalized spacial score (nSPS) is 10.2. The molecule has 0 aliphatic carbocycles. The molecule has 0 unspecified atom stereocenters. The third-order valence-corrected chi connectivity index (χ3v) is 3.55. The van der Waals surface area contributed by atoms with Gasteiger partial charge in [-0.25, -0.2) is 4.79 Å². The summed E-state index contributed by atoms with van der Waals surface area (Å²) in [6.07, 6.45) is -0.461. The van der Waals surface area contributed by atoms with Crippen molar-refractivity contribution in [2.24, 2.45) is 0 Å². The first kappa shape index (κ1) is 18.9. The zero-order valence-corrected chi connectivity index (χ0v) is 15.4. The molecule has 0 saturated heterocycles. The monoisotopic (exact) mass is 358 g/mol. The van der Waals surface area contributed by atoms with Crippen LogP contribution in [0.3, 0.4) is 0 Å². The Labute approximate surface area is 153 Å². The summed E-state index contributed by atoms with van der Waals surface area (Å²) in [5.74, 6) is 0.445. The fourth-order valence-corrected chi connectivity index (χ4v) is 2.35. The van der Waals surface area contributed by atoms with Crippen molar-refractivity contribution >= 4 is 34.7 Å². The zero-order chi connectivity index (χ0) is 18.2. The van der Waals surface area contributed by atoms with Gasteiger partial charge in [0.1, 0.15) is 5.75 Å². The summed E-state index contributed by atoms with van der Waals surface area (Å²) < 4.78 is 10.6. The molecule has 0 atom stereocenters. The lowest BCUT2D eigenvalue weighted by atomic mass is 10.2. The largest absolute Gasteiger partial charge is 0.419 e. The molecule has 0 radical (unpaired) electrons. The Balaban J connectivity index is 2.16. The van der Waals surface area contributed by atoms with Crippen molar-refractivity contribution < 1.29 is 14.3 Å². The van der Waals surface area contributed by atoms with Gasteiger partial charge in [0, 0.05) is 24.6 Å². The number of ether oxygens (including phenoxy) is 2. The first-order valence-corrected chi connectivity index (χ1v) is 8.33. The molecule has 0 saturated carbocycles. The Hall–Kier alpha value is -2.44. The number of amides is 1. The van der Waals surface area contributed by atoms with Gasteiger partial charge in [-0.15, -0.1) is 0 Å². The highest BCUT2D eigenvalue weighted by Crippen LogP contribution is 2.21. The van der Waals surface area contributed by atoms with Gasteiger partial charge in [-0.3, -0.25) is 4.90 Å². The van der Waals surface area contributed by atoms with Crippen molar-refractivity contribution in [2.75, 3.05) is 30.5 Å². The van der Waals surface area contributed by atoms with Gasteiger partial charge >= 0.3 is 6.09 Å². The van der Waals surface area contributed by atoms with E-state index in [0.29, 0.717) is 23.9 Å². The fraction of sp³-hybridized carbons (Fsp3) is 0.263. The predicted octanol–water partition coefficient (Wildman–Crippen LogP) is 4.41. The van der Waals surface area contributed by atoms with Crippen molar-refractivity contribution in [3.63, 3.8) is 0 Å². The van der Waals surface area contributed by atoms with E-state index >= 15 is 0 Å². The number of carbonyl (C=O) groups excluding carboxylic acids is 1. The summed E-state index contributed by atoms with van der Waals surface area (Å²) in [7, 11) is 1.60. The van der Waals surface area contributed by atoms with Crippen LogP contribution in [0.4, 0.5) is 16.2 Å². The molecule has 132 valence electrons. The third-order valence-electron chi connectivity index (χ3n) is 3.44. The van der Waals surface area contributed by atoms with Crippen LogP contribution in [-0.2, 0) is 4.74 Å². The quantitative estimate of drug-likeness (QED) is 0.776. The summed E-state index contributed by atoms with van der Waals surface area (Å²) in [6.45, 7) is 4.60. The van der Waals surface area contributed by atoms with E-state index in [2.05, 4.69) is 5.32 Å². The smallest absolute Gasteiger partial charge is 0.410 e. The Bertz CT molecular complexity index is 732. The number of anilines is 2. The van der Waals surface area contributed by atoms with Crippen molar-refractivity contribution in [1.82, 2.24) is 0 Å². The van der Waals surface area contributed by atoms with Crippen LogP contribution in [0.1, 0.15) is 12.5 Å². The number of aryl methyl sites for hydroxylation is 1. The number of rotatable bonds is 6. The van der Waals surface area contributed by atoms with Crippen molar-refractivity contribution in [3.05, 3.63) is 54.1 Å². The Morgan fingerprint density at radius 1 is 1.20 bits per heavy atom. The van der Waals surface area contributed by atoms with Gasteiger partial charge in [-0.1, -0.05) is 36.0 Å². The molecule has 6 heteroatoms. The minimum absolute atomic E-state index is 0.398. The van der Waals surface area contributed by atoms with E-state index in [9.17, 15) is 4.79 Å². The molecule has 2 rings (SSSR count). The van der Waals surface area contributed by atoms with Gasteiger partial charge in [0.05, 0.1) is 18.1 Å². The van der Waals surface area contributed by atoms with Crippen molar-refractivity contribution in [1.29, 1.82) is 0 Å². The van der Waals surface area contributed by atoms with Crippen LogP contribution in [0.2, 0.25) is 0 Å². The van der Waals surface area contributed by atoms with E-state index in [1.54, 1.807) is 37.1 Å². The van der Waals surface area contributed by atoms with Gasteiger partial charge in [0.25, 0.3) is 0 Å². The molecule has 0 bridgehead atoms. The van der Waals surface area contributed by atoms with E-state index in [4.69, 9.17) is 21.7 Å². The molecule has 0 aliphatic heterocycles. The number of nitrogens with zero attached hydrogens (tertiary/aromatic N) is 1. The molecule has 25 heavy (non-hydrogen) atoms. The van der Waals surface area contributed by atoms with Crippen LogP contribution in [0, 0.1) is 6.92 Å². The average molecular weight is 358 g/mol. The summed E-state index contributed by atoms with van der Waals surface area (Å²) in [5.41, 5.74) is 2.66. The zero-order valence-electron chi connectivity index (χ0n) is 14.6. The minimum atomic E-state index is -0.461. The number of thiocarbonyl (C=S) groups is 1. The average Bonchev–Trinajstić information content (AvgIpc) is 2.56. The number of carbonyl (C=O) groups is 1. The van der Waals surface area contributed by atoms with Crippen LogP contribution in [0.5, 0.6) is 5.75 Å². The third kappa shape index (κ3) is 5.85. The summed E-state index contributed by atoms with van der Waals surface area (Å²) in [6, 6.07) is 14.8. The molecule has 2 aromatic carbocycles. The summed E-state index contributed by atoms with van der Waals surface area (Å²) in [4.78, 5) is 14.8. The van der Waals surface area contributed by atoms with Gasteiger partial charge in [0.15, 0.2) is 0 Å². The molecule has 1 N–H and O–H groups in total. The maximum absolute atomic E-state index is 12.6. The number of benzene rings is 2. The lowest BCUT2D eigenvalue weighted by molar-refractivity contribution is 0.189. The van der Waals surface area contributed by atoms with E-state index in [1.165, 1.54) is 0 Å². The minimum Gasteiger partial charge on any atom is -0.410 e. The molecule has 5 nitrogen and oxygen atoms in total. The first-order chi connectivity index (χ1) is 12.0. The number of hydrogen-bond donors (Lipinski definition) is 1. The SMILES string of the molecule is COCCN(C(=O)Oc1cccc(NC(C)=S)c1)c1ccc(C)cc1. The lowest BCUT2D eigenvalue weighted by Gasteiger charge is -2.22. The second-order valence-electron chi connectivity index (χ2n) is 5.56. The highest BCUT2D eigenvalue weighted by molar-refractivity contribution is 7.80. The Morgan fingerprint density at radius 3 is 2.56 bits per heavy atom. The first-order valence-electron chi connectivity index (χ1n) is 7.92. The predicted molar refractivity (Wildman–Crippen MR) is 105 cm³/mol. The number of nitrogens with one attached hydrogen (secondary N) is 1. The summed E-state index contributed by atoms with van der Waals surface area (Å²) >= 11 is 5.03. The molecule has 0 fully saturated rings. The van der Waals surface area contributed by atoms with Crippen LogP contribution < -0.4 is 15.0 Å². The van der Waals surface area contributed by atoms with Crippen LogP contribution in [-0.4, -0.2) is 31.3 Å². The molecular formula is C19H22N2O3S. The van der Waals surface area contributed by atoms with Gasteiger partial charge in [-0.2, -0.15) is 0 Å². The molecule has 1 amide bonds. The highest BCUT2D eigenvalue weighted by Gasteiger charge is 2.18. The molecule has 0 heterocycles.